The van der Waals surface area contributed by atoms with Crippen LogP contribution in [0.15, 0.2) is 164 Å². The van der Waals surface area contributed by atoms with E-state index in [4.69, 9.17) is 0 Å². The summed E-state index contributed by atoms with van der Waals surface area (Å²) in [6.07, 6.45) is 1.84. The Balaban J connectivity index is 0.00000300. The van der Waals surface area contributed by atoms with Crippen LogP contribution in [0, 0.1) is 6.07 Å². The van der Waals surface area contributed by atoms with Gasteiger partial charge in [0.25, 0.3) is 0 Å². The van der Waals surface area contributed by atoms with Crippen molar-refractivity contribution in [2.45, 2.75) is 5.41 Å². The molecule has 0 saturated heterocycles. The number of hydrogen-bond donors (Lipinski definition) is 0. The molecule has 1 aliphatic rings. The van der Waals surface area contributed by atoms with Crippen molar-refractivity contribution in [3.05, 3.63) is 192 Å². The molecule has 3 heterocycles. The Hall–Kier alpha value is -5.08. The molecule has 8 aromatic rings. The Bertz CT molecular complexity index is 2280. The molecular weight excluding hydrogens is 725 g/mol. The minimum atomic E-state index is -0.525. The van der Waals surface area contributed by atoms with E-state index in [-0.39, 0.29) is 20.1 Å². The van der Waals surface area contributed by atoms with Gasteiger partial charge in [0, 0.05) is 37.1 Å². The number of pyridine rings is 1. The van der Waals surface area contributed by atoms with Gasteiger partial charge in [0.2, 0.25) is 0 Å². The van der Waals surface area contributed by atoms with Gasteiger partial charge in [-0.1, -0.05) is 109 Å². The van der Waals surface area contributed by atoms with Crippen LogP contribution in [0.3, 0.4) is 0 Å². The molecule has 2 nitrogen and oxygen atoms in total. The van der Waals surface area contributed by atoms with E-state index in [1.165, 1.54) is 55.3 Å². The van der Waals surface area contributed by atoms with Crippen molar-refractivity contribution < 1.29 is 20.1 Å². The third kappa shape index (κ3) is 4.02. The summed E-state index contributed by atoms with van der Waals surface area (Å²) in [6.45, 7) is 0. The molecule has 0 atom stereocenters. The number of para-hydroxylation sites is 2. The maximum absolute atomic E-state index is 4.61. The molecule has 0 amide bonds. The summed E-state index contributed by atoms with van der Waals surface area (Å²) in [5.74, 6) is 0. The van der Waals surface area contributed by atoms with Crippen LogP contribution in [0.4, 0.5) is 0 Å². The van der Waals surface area contributed by atoms with Gasteiger partial charge < -0.3 is 9.55 Å². The largest absolute Gasteiger partial charge is 0.309 e. The summed E-state index contributed by atoms with van der Waals surface area (Å²) in [5.41, 5.74) is 12.5. The fraction of sp³-hybridized carbons (Fsp3) is 0.0238. The standard InChI is InChI=1S/C42H27N2.Ir/c1-3-16-32(17-4-1)42(33-18-5-2-6-19-33)36-21-8-10-24-40(36)44-39-23-9-7-20-34(39)35-27-31(28-37(42)41(35)44)29-14-13-15-30(26-29)38-22-11-12-25-43-38;/h1-14,16-28H;/q-1;. The summed E-state index contributed by atoms with van der Waals surface area (Å²) < 4.78 is 2.49. The van der Waals surface area contributed by atoms with Gasteiger partial charge >= 0.3 is 0 Å². The number of fused-ring (bicyclic) bond motifs is 5. The van der Waals surface area contributed by atoms with Crippen molar-refractivity contribution in [2.75, 3.05) is 0 Å². The quantitative estimate of drug-likeness (QED) is 0.164. The molecule has 2 aromatic heterocycles. The molecule has 1 radical (unpaired) electrons. The molecule has 3 heteroatoms. The Morgan fingerprint density at radius 2 is 1.24 bits per heavy atom. The second kappa shape index (κ2) is 10.8. The van der Waals surface area contributed by atoms with Crippen molar-refractivity contribution in [1.82, 2.24) is 9.55 Å². The first-order chi connectivity index (χ1) is 21.8. The van der Waals surface area contributed by atoms with Gasteiger partial charge in [-0.2, -0.15) is 0 Å². The van der Waals surface area contributed by atoms with Gasteiger partial charge in [-0.3, -0.25) is 0 Å². The van der Waals surface area contributed by atoms with Gasteiger partial charge in [-0.15, -0.1) is 35.4 Å². The van der Waals surface area contributed by atoms with E-state index >= 15 is 0 Å². The van der Waals surface area contributed by atoms with E-state index in [0.29, 0.717) is 0 Å². The van der Waals surface area contributed by atoms with Crippen LogP contribution in [0.1, 0.15) is 22.3 Å². The fourth-order valence-corrected chi connectivity index (χ4v) is 7.41. The van der Waals surface area contributed by atoms with E-state index in [1.807, 2.05) is 30.5 Å². The Kier molecular flexibility index (Phi) is 6.60. The molecule has 0 fully saturated rings. The Morgan fingerprint density at radius 3 is 2.00 bits per heavy atom. The zero-order valence-electron chi connectivity index (χ0n) is 24.3. The van der Waals surface area contributed by atoms with Crippen molar-refractivity contribution in [3.8, 4) is 28.1 Å². The molecule has 0 saturated carbocycles. The third-order valence-electron chi connectivity index (χ3n) is 9.21. The molecule has 0 N–H and O–H groups in total. The number of nitrogens with zero attached hydrogens (tertiary/aromatic N) is 2. The van der Waals surface area contributed by atoms with Crippen LogP contribution in [-0.4, -0.2) is 9.55 Å². The summed E-state index contributed by atoms with van der Waals surface area (Å²) >= 11 is 0. The van der Waals surface area contributed by atoms with Crippen LogP contribution < -0.4 is 0 Å². The van der Waals surface area contributed by atoms with Gasteiger partial charge in [0.1, 0.15) is 0 Å². The number of benzene rings is 6. The summed E-state index contributed by atoms with van der Waals surface area (Å²) in [6, 6.07) is 60.5. The van der Waals surface area contributed by atoms with Gasteiger partial charge in [-0.05, 0) is 63.8 Å². The first-order valence-electron chi connectivity index (χ1n) is 15.1. The van der Waals surface area contributed by atoms with Crippen LogP contribution in [-0.2, 0) is 25.5 Å². The van der Waals surface area contributed by atoms with Crippen molar-refractivity contribution in [1.29, 1.82) is 0 Å². The topological polar surface area (TPSA) is 17.8 Å². The van der Waals surface area contributed by atoms with E-state index in [2.05, 4.69) is 149 Å². The molecule has 1 aliphatic heterocycles. The third-order valence-corrected chi connectivity index (χ3v) is 9.21. The Labute approximate surface area is 276 Å². The van der Waals surface area contributed by atoms with E-state index < -0.39 is 5.41 Å². The monoisotopic (exact) mass is 752 g/mol. The van der Waals surface area contributed by atoms with Gasteiger partial charge in [-0.25, -0.2) is 0 Å². The zero-order valence-corrected chi connectivity index (χ0v) is 26.7. The molecular formula is C42H27IrN2-. The smallest absolute Gasteiger partial charge is 0.0742 e. The first kappa shape index (κ1) is 27.5. The van der Waals surface area contributed by atoms with Crippen molar-refractivity contribution in [3.63, 3.8) is 0 Å². The summed E-state index contributed by atoms with van der Waals surface area (Å²) in [7, 11) is 0. The number of rotatable bonds is 4. The van der Waals surface area contributed by atoms with E-state index in [0.717, 1.165) is 16.8 Å². The molecule has 45 heavy (non-hydrogen) atoms. The van der Waals surface area contributed by atoms with Crippen LogP contribution >= 0.6 is 0 Å². The average molecular weight is 752 g/mol. The average Bonchev–Trinajstić information content (AvgIpc) is 3.45. The zero-order chi connectivity index (χ0) is 29.1. The summed E-state index contributed by atoms with van der Waals surface area (Å²) in [5, 5.41) is 2.51. The van der Waals surface area contributed by atoms with Crippen molar-refractivity contribution >= 4 is 21.8 Å². The number of aromatic nitrogens is 2. The molecule has 0 bridgehead atoms. The van der Waals surface area contributed by atoms with Crippen LogP contribution in [0.5, 0.6) is 0 Å². The van der Waals surface area contributed by atoms with Crippen LogP contribution in [0.2, 0.25) is 0 Å². The maximum atomic E-state index is 4.61. The SMILES string of the molecule is [Ir].[c-]1ccc(-c2cc3c4c(c2)c2ccccc2n4-c2ccccc2C3(c2ccccc2)c2ccccc2)cc1-c1ccccn1. The van der Waals surface area contributed by atoms with Crippen molar-refractivity contribution in [2.24, 2.45) is 0 Å². The van der Waals surface area contributed by atoms with Gasteiger partial charge in [0.15, 0.2) is 0 Å². The minimum Gasteiger partial charge on any atom is -0.309 e. The van der Waals surface area contributed by atoms with Gasteiger partial charge in [0.05, 0.1) is 22.1 Å². The molecule has 0 spiro atoms. The molecule has 6 aromatic carbocycles. The first-order valence-corrected chi connectivity index (χ1v) is 15.1. The predicted molar refractivity (Wildman–Crippen MR) is 180 cm³/mol. The fourth-order valence-electron chi connectivity index (χ4n) is 7.41. The normalized spacial score (nSPS) is 12.9. The molecule has 0 unspecified atom stereocenters. The van der Waals surface area contributed by atoms with Crippen LogP contribution in [0.25, 0.3) is 49.9 Å². The molecule has 0 aliphatic carbocycles. The molecule has 9 rings (SSSR count). The van der Waals surface area contributed by atoms with E-state index in [9.17, 15) is 0 Å². The van der Waals surface area contributed by atoms with E-state index in [1.54, 1.807) is 0 Å². The second-order valence-corrected chi connectivity index (χ2v) is 11.5. The summed E-state index contributed by atoms with van der Waals surface area (Å²) in [4.78, 5) is 4.61. The predicted octanol–water partition coefficient (Wildman–Crippen LogP) is 10.0. The second-order valence-electron chi connectivity index (χ2n) is 11.5. The molecule has 215 valence electrons. The number of hydrogen-bond acceptors (Lipinski definition) is 1. The Morgan fingerprint density at radius 1 is 0.556 bits per heavy atom. The maximum Gasteiger partial charge on any atom is 0.0742 e. The minimum absolute atomic E-state index is 0.